The molecule has 0 aromatic rings. The Morgan fingerprint density at radius 3 is 1.91 bits per heavy atom. The molecule has 0 spiro atoms. The summed E-state index contributed by atoms with van der Waals surface area (Å²) in [6, 6.07) is 0. The Labute approximate surface area is 294 Å². The molecule has 272 valence electrons. The number of hydrogen-bond acceptors (Lipinski definition) is 3. The Morgan fingerprint density at radius 1 is 0.745 bits per heavy atom. The van der Waals surface area contributed by atoms with Gasteiger partial charge in [0.25, 0.3) is 0 Å². The summed E-state index contributed by atoms with van der Waals surface area (Å²) in [6.45, 7) is 43.0. The predicted molar refractivity (Wildman–Crippen MR) is 206 cm³/mol. The van der Waals surface area contributed by atoms with E-state index in [0.29, 0.717) is 41.1 Å². The van der Waals surface area contributed by atoms with Crippen LogP contribution in [0.15, 0.2) is 12.2 Å². The monoisotopic (exact) mass is 687 g/mol. The normalized spacial score (nSPS) is 45.9. The van der Waals surface area contributed by atoms with Gasteiger partial charge in [-0.1, -0.05) is 81.4 Å². The lowest BCUT2D eigenvalue weighted by atomic mass is 9.32. The average Bonchev–Trinajstić information content (AvgIpc) is 3.33. The topological polar surface area (TPSA) is 38.7 Å². The summed E-state index contributed by atoms with van der Waals surface area (Å²) in [5.74, 6) is 3.21. The minimum Gasteiger partial charge on any atom is -0.416 e. The zero-order valence-electron chi connectivity index (χ0n) is 33.9. The number of hydrogen-bond donors (Lipinski definition) is 1. The molecular formula is C42H78O3Si2. The molecule has 0 bridgehead atoms. The molecule has 1 N–H and O–H groups in total. The van der Waals surface area contributed by atoms with E-state index in [4.69, 9.17) is 8.85 Å². The molecule has 0 heterocycles. The van der Waals surface area contributed by atoms with Gasteiger partial charge in [0.15, 0.2) is 16.6 Å². The largest absolute Gasteiger partial charge is 0.416 e. The number of aliphatic hydroxyl groups is 1. The quantitative estimate of drug-likeness (QED) is 0.214. The maximum atomic E-state index is 10.9. The average molecular weight is 687 g/mol. The van der Waals surface area contributed by atoms with Gasteiger partial charge < -0.3 is 14.0 Å². The van der Waals surface area contributed by atoms with Crippen molar-refractivity contribution in [3.63, 3.8) is 0 Å². The van der Waals surface area contributed by atoms with Gasteiger partial charge in [-0.3, -0.25) is 0 Å². The first-order valence-corrected chi connectivity index (χ1v) is 25.7. The predicted octanol–water partition coefficient (Wildman–Crippen LogP) is 12.0. The molecule has 47 heavy (non-hydrogen) atoms. The van der Waals surface area contributed by atoms with Crippen LogP contribution in [0.2, 0.25) is 36.3 Å². The summed E-state index contributed by atoms with van der Waals surface area (Å²) >= 11 is 0. The van der Waals surface area contributed by atoms with Crippen LogP contribution in [0.3, 0.4) is 0 Å². The second kappa shape index (κ2) is 11.8. The zero-order valence-corrected chi connectivity index (χ0v) is 35.9. The third-order valence-corrected chi connectivity index (χ3v) is 27.1. The minimum absolute atomic E-state index is 0.00618. The van der Waals surface area contributed by atoms with Crippen molar-refractivity contribution in [2.24, 2.45) is 56.7 Å². The van der Waals surface area contributed by atoms with E-state index in [0.717, 1.165) is 18.9 Å². The van der Waals surface area contributed by atoms with E-state index < -0.39 is 16.6 Å². The van der Waals surface area contributed by atoms with Gasteiger partial charge in [-0.2, -0.15) is 0 Å². The van der Waals surface area contributed by atoms with E-state index in [9.17, 15) is 5.11 Å². The molecule has 11 atom stereocenters. The molecule has 5 aliphatic carbocycles. The highest BCUT2D eigenvalue weighted by molar-refractivity contribution is 6.74. The highest BCUT2D eigenvalue weighted by atomic mass is 28.4. The first-order valence-electron chi connectivity index (χ1n) is 19.8. The summed E-state index contributed by atoms with van der Waals surface area (Å²) in [5, 5.41) is 11.3. The second-order valence-electron chi connectivity index (χ2n) is 22.2. The fraction of sp³-hybridized carbons (Fsp3) is 0.952. The van der Waals surface area contributed by atoms with E-state index in [-0.39, 0.29) is 32.4 Å². The van der Waals surface area contributed by atoms with Crippen LogP contribution in [0.5, 0.6) is 0 Å². The molecule has 0 radical (unpaired) electrons. The fourth-order valence-electron chi connectivity index (χ4n) is 12.8. The van der Waals surface area contributed by atoms with Crippen LogP contribution in [0.25, 0.3) is 0 Å². The molecule has 0 amide bonds. The molecule has 4 unspecified atom stereocenters. The Balaban J connectivity index is 1.53. The lowest BCUT2D eigenvalue weighted by Gasteiger charge is -2.73. The van der Waals surface area contributed by atoms with Gasteiger partial charge in [-0.15, -0.1) is 0 Å². The van der Waals surface area contributed by atoms with Gasteiger partial charge in [0.05, 0.1) is 6.10 Å². The van der Waals surface area contributed by atoms with Crippen molar-refractivity contribution >= 4 is 16.6 Å². The molecule has 5 aliphatic rings. The minimum atomic E-state index is -1.97. The van der Waals surface area contributed by atoms with E-state index >= 15 is 0 Å². The molecule has 3 nitrogen and oxygen atoms in total. The van der Waals surface area contributed by atoms with Crippen LogP contribution in [0.1, 0.15) is 140 Å². The molecule has 5 saturated carbocycles. The first-order chi connectivity index (χ1) is 21.3. The highest BCUT2D eigenvalue weighted by Gasteiger charge is 2.71. The Kier molecular flexibility index (Phi) is 9.60. The van der Waals surface area contributed by atoms with Crippen LogP contribution in [-0.4, -0.2) is 41.1 Å². The molecule has 5 rings (SSSR count). The summed E-state index contributed by atoms with van der Waals surface area (Å²) in [7, 11) is -3.91. The van der Waals surface area contributed by atoms with Gasteiger partial charge in [0.2, 0.25) is 0 Å². The lowest BCUT2D eigenvalue weighted by molar-refractivity contribution is -0.253. The van der Waals surface area contributed by atoms with Crippen molar-refractivity contribution in [3.05, 3.63) is 12.2 Å². The molecule has 0 aromatic heterocycles. The van der Waals surface area contributed by atoms with Gasteiger partial charge >= 0.3 is 0 Å². The lowest BCUT2D eigenvalue weighted by Crippen LogP contribution is -2.68. The van der Waals surface area contributed by atoms with Gasteiger partial charge in [0.1, 0.15) is 0 Å². The molecule has 0 aliphatic heterocycles. The third kappa shape index (κ3) is 5.62. The summed E-state index contributed by atoms with van der Waals surface area (Å²) < 4.78 is 14.8. The van der Waals surface area contributed by atoms with Crippen molar-refractivity contribution < 1.29 is 14.0 Å². The zero-order chi connectivity index (χ0) is 35.4. The highest BCUT2D eigenvalue weighted by Crippen LogP contribution is 2.77. The number of allylic oxidation sites excluding steroid dienone is 1. The summed E-state index contributed by atoms with van der Waals surface area (Å²) in [4.78, 5) is 0. The molecule has 5 heteroatoms. The van der Waals surface area contributed by atoms with Crippen molar-refractivity contribution in [2.75, 3.05) is 13.2 Å². The number of aliphatic hydroxyl groups excluding tert-OH is 1. The summed E-state index contributed by atoms with van der Waals surface area (Å²) in [6.07, 6.45) is 12.9. The smallest absolute Gasteiger partial charge is 0.192 e. The van der Waals surface area contributed by atoms with Crippen LogP contribution in [0, 0.1) is 56.7 Å². The van der Waals surface area contributed by atoms with Crippen molar-refractivity contribution in [1.29, 1.82) is 0 Å². The molecule has 0 saturated heterocycles. The maximum absolute atomic E-state index is 10.9. The van der Waals surface area contributed by atoms with Gasteiger partial charge in [-0.05, 0) is 159 Å². The van der Waals surface area contributed by atoms with E-state index in [2.05, 4.69) is 109 Å². The van der Waals surface area contributed by atoms with E-state index in [1.807, 2.05) is 0 Å². The van der Waals surface area contributed by atoms with E-state index in [1.54, 1.807) is 0 Å². The molecular weight excluding hydrogens is 609 g/mol. The van der Waals surface area contributed by atoms with Gasteiger partial charge in [0, 0.05) is 18.6 Å². The standard InChI is InChI=1S/C42H78O3Si2/c1-29(2)30-19-24-42(27-43)26-25-40(11)31(35(30)42)17-18-33-38(9)22-21-34(45-47(15,16)37(6,7)8)39(10,32(38)20-23-41(33,40)12)28-44-46(13,14)36(3,4)5/h30-35,43H,1,17-28H2,2-16H3/t30-,31?,32?,33?,34-,35?,38-,39-,40+,41+,42+/m0/s1. The van der Waals surface area contributed by atoms with Crippen LogP contribution >= 0.6 is 0 Å². The number of fused-ring (bicyclic) bond motifs is 7. The first kappa shape index (κ1) is 38.3. The third-order valence-electron chi connectivity index (χ3n) is 18.1. The van der Waals surface area contributed by atoms with Crippen LogP contribution < -0.4 is 0 Å². The van der Waals surface area contributed by atoms with E-state index in [1.165, 1.54) is 63.4 Å². The summed E-state index contributed by atoms with van der Waals surface area (Å²) in [5.41, 5.74) is 2.42. The fourth-order valence-corrected chi connectivity index (χ4v) is 15.4. The maximum Gasteiger partial charge on any atom is 0.192 e. The molecule has 0 aromatic carbocycles. The second-order valence-corrected chi connectivity index (χ2v) is 31.7. The number of rotatable bonds is 7. The van der Waals surface area contributed by atoms with Gasteiger partial charge in [-0.25, -0.2) is 0 Å². The van der Waals surface area contributed by atoms with Crippen molar-refractivity contribution in [2.45, 2.75) is 183 Å². The van der Waals surface area contributed by atoms with Crippen molar-refractivity contribution in [1.82, 2.24) is 0 Å². The Morgan fingerprint density at radius 2 is 1.36 bits per heavy atom. The molecule has 5 fully saturated rings. The van der Waals surface area contributed by atoms with Crippen molar-refractivity contribution in [3.8, 4) is 0 Å². The van der Waals surface area contributed by atoms with Crippen LogP contribution in [-0.2, 0) is 8.85 Å². The SMILES string of the molecule is C=C(C)[C@@H]1CC[C@]2(CO)CC[C@]3(C)C(CCC4[C@@]5(C)CC[C@H](O[Si](C)(C)C(C)(C)C)[C@@](C)(CO[Si](C)(C)C(C)(C)C)C5CC[C@]43C)C12. The van der Waals surface area contributed by atoms with Crippen LogP contribution in [0.4, 0.5) is 0 Å². The Bertz CT molecular complexity index is 1200. The Hall–Kier alpha value is 0.0538.